The minimum atomic E-state index is -2.30. The van der Waals surface area contributed by atoms with Gasteiger partial charge in [0.05, 0.1) is 25.8 Å². The molecule has 0 saturated carbocycles. The van der Waals surface area contributed by atoms with E-state index in [-0.39, 0.29) is 23.0 Å². The van der Waals surface area contributed by atoms with Crippen molar-refractivity contribution < 1.29 is 39.2 Å². The molecule has 2 aromatic heterocycles. The number of rotatable bonds is 10. The number of aromatic nitrogens is 1. The number of aliphatic hydroxyl groups excluding tert-OH is 1. The number of aliphatic hydroxyl groups is 2. The molecule has 1 aliphatic rings. The van der Waals surface area contributed by atoms with Crippen LogP contribution in [0.5, 0.6) is 11.5 Å². The molecule has 1 atom stereocenters. The van der Waals surface area contributed by atoms with Gasteiger partial charge in [0.2, 0.25) is 6.29 Å². The fourth-order valence-electron chi connectivity index (χ4n) is 5.09. The van der Waals surface area contributed by atoms with Gasteiger partial charge in [-0.3, -0.25) is 14.5 Å². The lowest BCUT2D eigenvalue weighted by Gasteiger charge is -2.36. The Morgan fingerprint density at radius 3 is 2.45 bits per heavy atom. The lowest BCUT2D eigenvalue weighted by atomic mass is 9.96. The van der Waals surface area contributed by atoms with Gasteiger partial charge in [0.1, 0.15) is 22.2 Å². The number of carboxylic acids is 1. The molecular formula is C29H30N4O8S. The van der Waals surface area contributed by atoms with E-state index >= 15 is 0 Å². The number of nitrogens with zero attached hydrogens (tertiary/aromatic N) is 1. The number of fused-ring (bicyclic) bond motifs is 2. The number of ether oxygens (including phenoxy) is 2. The Labute approximate surface area is 244 Å². The second-order valence-electron chi connectivity index (χ2n) is 9.75. The standard InChI is InChI=1S/C29H30N4O8S/c1-40-17-5-3-15(4-6-17)14-33-10-9-19-23(28(36)37)27(32-26(35)29(38)39)42-24(19)22(33)13-30-25(34)21-12-16-11-18(41-2)7-8-20(16)31-21/h3-8,11-12,22,29,31,38-39H,9-10,13-14H2,1-2H3,(H,30,34)(H,32,35)(H,36,37). The van der Waals surface area contributed by atoms with Crippen LogP contribution in [0.1, 0.15) is 42.9 Å². The number of aromatic amines is 1. The number of anilines is 1. The monoisotopic (exact) mass is 594 g/mol. The number of nitrogens with one attached hydrogen (secondary N) is 3. The van der Waals surface area contributed by atoms with E-state index < -0.39 is 24.2 Å². The van der Waals surface area contributed by atoms with Crippen molar-refractivity contribution in [3.63, 3.8) is 0 Å². The Kier molecular flexibility index (Phi) is 8.45. The van der Waals surface area contributed by atoms with E-state index in [1.54, 1.807) is 26.4 Å². The van der Waals surface area contributed by atoms with Crippen LogP contribution in [-0.2, 0) is 17.8 Å². The van der Waals surface area contributed by atoms with Crippen molar-refractivity contribution in [3.05, 3.63) is 75.8 Å². The predicted molar refractivity (Wildman–Crippen MR) is 155 cm³/mol. The van der Waals surface area contributed by atoms with Crippen molar-refractivity contribution in [3.8, 4) is 11.5 Å². The van der Waals surface area contributed by atoms with E-state index in [4.69, 9.17) is 9.47 Å². The lowest BCUT2D eigenvalue weighted by molar-refractivity contribution is -0.141. The van der Waals surface area contributed by atoms with Crippen LogP contribution in [-0.4, -0.2) is 76.6 Å². The molecule has 12 nitrogen and oxygen atoms in total. The number of methoxy groups -OCH3 is 2. The molecule has 0 spiro atoms. The van der Waals surface area contributed by atoms with Gasteiger partial charge in [-0.2, -0.15) is 0 Å². The number of aromatic carboxylic acids is 1. The molecule has 4 aromatic rings. The number of carbonyl (C=O) groups excluding carboxylic acids is 2. The number of hydrogen-bond acceptors (Lipinski definition) is 9. The zero-order valence-corrected chi connectivity index (χ0v) is 23.7. The zero-order chi connectivity index (χ0) is 30.0. The largest absolute Gasteiger partial charge is 0.497 e. The average Bonchev–Trinajstić information content (AvgIpc) is 3.57. The summed E-state index contributed by atoms with van der Waals surface area (Å²) in [7, 11) is 3.16. The summed E-state index contributed by atoms with van der Waals surface area (Å²) in [5.74, 6) is -1.33. The molecule has 1 unspecified atom stereocenters. The fraction of sp³-hybridized carbons (Fsp3) is 0.276. The Bertz CT molecular complexity index is 1630. The molecule has 0 aliphatic carbocycles. The molecule has 0 saturated heterocycles. The smallest absolute Gasteiger partial charge is 0.339 e. The third kappa shape index (κ3) is 5.94. The molecule has 0 radical (unpaired) electrons. The Hall–Kier alpha value is -4.43. The maximum absolute atomic E-state index is 13.3. The van der Waals surface area contributed by atoms with Crippen molar-refractivity contribution in [1.82, 2.24) is 15.2 Å². The minimum Gasteiger partial charge on any atom is -0.497 e. The molecule has 3 heterocycles. The van der Waals surface area contributed by atoms with Crippen molar-refractivity contribution in [2.24, 2.45) is 0 Å². The van der Waals surface area contributed by atoms with Crippen LogP contribution >= 0.6 is 11.3 Å². The Morgan fingerprint density at radius 2 is 1.79 bits per heavy atom. The van der Waals surface area contributed by atoms with Crippen LogP contribution in [0.15, 0.2) is 48.5 Å². The molecule has 0 fully saturated rings. The van der Waals surface area contributed by atoms with Gasteiger partial charge in [0, 0.05) is 35.4 Å². The molecule has 220 valence electrons. The van der Waals surface area contributed by atoms with Gasteiger partial charge in [0.25, 0.3) is 11.8 Å². The van der Waals surface area contributed by atoms with Gasteiger partial charge in [0.15, 0.2) is 0 Å². The number of hydrogen-bond donors (Lipinski definition) is 6. The first kappa shape index (κ1) is 29.1. The highest BCUT2D eigenvalue weighted by Gasteiger charge is 2.35. The second-order valence-corrected chi connectivity index (χ2v) is 10.8. The maximum Gasteiger partial charge on any atom is 0.339 e. The van der Waals surface area contributed by atoms with Gasteiger partial charge in [-0.15, -0.1) is 11.3 Å². The molecule has 0 bridgehead atoms. The normalized spacial score (nSPS) is 14.9. The summed E-state index contributed by atoms with van der Waals surface area (Å²) < 4.78 is 10.5. The summed E-state index contributed by atoms with van der Waals surface area (Å²) in [6.45, 7) is 1.14. The van der Waals surface area contributed by atoms with E-state index in [0.29, 0.717) is 41.4 Å². The van der Waals surface area contributed by atoms with Crippen LogP contribution < -0.4 is 20.1 Å². The summed E-state index contributed by atoms with van der Waals surface area (Å²) >= 11 is 1.05. The molecule has 6 N–H and O–H groups in total. The first-order valence-electron chi connectivity index (χ1n) is 13.1. The third-order valence-electron chi connectivity index (χ3n) is 7.19. The highest BCUT2D eigenvalue weighted by molar-refractivity contribution is 7.17. The molecule has 2 aromatic carbocycles. The summed E-state index contributed by atoms with van der Waals surface area (Å²) in [5.41, 5.74) is 2.58. The van der Waals surface area contributed by atoms with E-state index in [2.05, 4.69) is 20.5 Å². The van der Waals surface area contributed by atoms with Gasteiger partial charge in [-0.1, -0.05) is 12.1 Å². The molecule has 42 heavy (non-hydrogen) atoms. The van der Waals surface area contributed by atoms with Crippen LogP contribution in [0.25, 0.3) is 10.9 Å². The lowest BCUT2D eigenvalue weighted by Crippen LogP contribution is -2.41. The first-order chi connectivity index (χ1) is 20.2. The van der Waals surface area contributed by atoms with Crippen LogP contribution in [0.2, 0.25) is 0 Å². The summed E-state index contributed by atoms with van der Waals surface area (Å²) in [5, 5.41) is 34.7. The number of thiophene rings is 1. The number of amides is 2. The van der Waals surface area contributed by atoms with Crippen molar-refractivity contribution >= 4 is 45.0 Å². The predicted octanol–water partition coefficient (Wildman–Crippen LogP) is 2.72. The molecule has 5 rings (SSSR count). The van der Waals surface area contributed by atoms with Gasteiger partial charge in [-0.25, -0.2) is 4.79 Å². The summed E-state index contributed by atoms with van der Waals surface area (Å²) in [6.07, 6.45) is -1.92. The second kappa shape index (κ2) is 12.2. The van der Waals surface area contributed by atoms with Crippen LogP contribution in [0.4, 0.5) is 5.00 Å². The van der Waals surface area contributed by atoms with E-state index in [1.165, 1.54) is 0 Å². The number of H-pyrrole nitrogens is 1. The molecule has 1 aliphatic heterocycles. The summed E-state index contributed by atoms with van der Waals surface area (Å²) in [6, 6.07) is 14.3. The summed E-state index contributed by atoms with van der Waals surface area (Å²) in [4.78, 5) is 43.4. The van der Waals surface area contributed by atoms with Gasteiger partial charge in [-0.05, 0) is 53.9 Å². The quantitative estimate of drug-likeness (QED) is 0.151. The first-order valence-corrected chi connectivity index (χ1v) is 13.9. The van der Waals surface area contributed by atoms with Gasteiger partial charge < -0.3 is 40.4 Å². The maximum atomic E-state index is 13.3. The number of benzene rings is 2. The minimum absolute atomic E-state index is 0.0118. The molecular weight excluding hydrogens is 564 g/mol. The van der Waals surface area contributed by atoms with E-state index in [9.17, 15) is 29.7 Å². The number of carbonyl (C=O) groups is 3. The average molecular weight is 595 g/mol. The van der Waals surface area contributed by atoms with E-state index in [1.807, 2.05) is 36.4 Å². The highest BCUT2D eigenvalue weighted by atomic mass is 32.1. The topological polar surface area (TPSA) is 173 Å². The SMILES string of the molecule is COc1ccc(CN2CCc3c(sc(NC(=O)C(O)O)c3C(=O)O)C2CNC(=O)c2cc3cc(OC)ccc3[nH]2)cc1. The molecule has 13 heteroatoms. The van der Waals surface area contributed by atoms with Crippen LogP contribution in [0.3, 0.4) is 0 Å². The molecule has 2 amide bonds. The Balaban J connectivity index is 1.45. The van der Waals surface area contributed by atoms with Crippen LogP contribution in [0, 0.1) is 0 Å². The van der Waals surface area contributed by atoms with E-state index in [0.717, 1.165) is 33.6 Å². The van der Waals surface area contributed by atoms with Gasteiger partial charge >= 0.3 is 5.97 Å². The third-order valence-corrected chi connectivity index (χ3v) is 8.44. The van der Waals surface area contributed by atoms with Crippen molar-refractivity contribution in [2.75, 3.05) is 32.6 Å². The Morgan fingerprint density at radius 1 is 1.07 bits per heavy atom. The van der Waals surface area contributed by atoms with Crippen molar-refractivity contribution in [1.29, 1.82) is 0 Å². The zero-order valence-electron chi connectivity index (χ0n) is 22.8. The fourth-order valence-corrected chi connectivity index (χ4v) is 6.47. The van der Waals surface area contributed by atoms with Crippen molar-refractivity contribution in [2.45, 2.75) is 25.3 Å². The highest BCUT2D eigenvalue weighted by Crippen LogP contribution is 2.43. The number of carboxylic acid groups (broad SMARTS) is 1.